The van der Waals surface area contributed by atoms with E-state index in [0.717, 1.165) is 6.20 Å². The van der Waals surface area contributed by atoms with Crippen molar-refractivity contribution in [3.8, 4) is 0 Å². The molecule has 0 saturated carbocycles. The number of carbonyl (C=O) groups is 4. The van der Waals surface area contributed by atoms with Crippen molar-refractivity contribution in [1.29, 1.82) is 0 Å². The third-order valence-corrected chi connectivity index (χ3v) is 1.31. The molecule has 0 aliphatic rings. The molecular formula is C8H12N2O8. The first-order valence-corrected chi connectivity index (χ1v) is 4.18. The molecule has 18 heavy (non-hydrogen) atoms. The van der Waals surface area contributed by atoms with Gasteiger partial charge in [-0.2, -0.15) is 0 Å². The molecule has 0 unspecified atom stereocenters. The first-order chi connectivity index (χ1) is 8.14. The van der Waals surface area contributed by atoms with E-state index < -0.39 is 36.0 Å². The summed E-state index contributed by atoms with van der Waals surface area (Å²) in [5.41, 5.74) is 4.56. The Kier molecular flexibility index (Phi) is 8.41. The predicted molar refractivity (Wildman–Crippen MR) is 55.6 cm³/mol. The van der Waals surface area contributed by atoms with E-state index in [2.05, 4.69) is 12.3 Å². The lowest BCUT2D eigenvalue weighted by Crippen LogP contribution is -2.40. The maximum Gasteiger partial charge on any atom is 0.337 e. The smallest absolute Gasteiger partial charge is 0.337 e. The summed E-state index contributed by atoms with van der Waals surface area (Å²) < 4.78 is 0. The van der Waals surface area contributed by atoms with Crippen LogP contribution < -0.4 is 11.1 Å². The van der Waals surface area contributed by atoms with Crippen LogP contribution in [0.3, 0.4) is 0 Å². The lowest BCUT2D eigenvalue weighted by Gasteiger charge is -2.04. The first-order valence-electron chi connectivity index (χ1n) is 4.18. The number of carboxylic acid groups (broad SMARTS) is 4. The van der Waals surface area contributed by atoms with Crippen LogP contribution in [0.25, 0.3) is 0 Å². The van der Waals surface area contributed by atoms with E-state index in [-0.39, 0.29) is 0 Å². The molecule has 0 radical (unpaired) electrons. The van der Waals surface area contributed by atoms with Crippen LogP contribution in [0.15, 0.2) is 12.8 Å². The Morgan fingerprint density at radius 2 is 1.28 bits per heavy atom. The van der Waals surface area contributed by atoms with Gasteiger partial charge in [0.1, 0.15) is 0 Å². The second-order valence-corrected chi connectivity index (χ2v) is 2.63. The Balaban J connectivity index is 0. The van der Waals surface area contributed by atoms with Crippen molar-refractivity contribution in [2.75, 3.05) is 0 Å². The molecule has 0 bridgehead atoms. The fourth-order valence-corrected chi connectivity index (χ4v) is 0.472. The fourth-order valence-electron chi connectivity index (χ4n) is 0.472. The highest BCUT2D eigenvalue weighted by atomic mass is 16.4. The van der Waals surface area contributed by atoms with Crippen LogP contribution in [0.2, 0.25) is 0 Å². The topological polar surface area (TPSA) is 187 Å². The zero-order valence-corrected chi connectivity index (χ0v) is 8.94. The van der Waals surface area contributed by atoms with Gasteiger partial charge in [-0.25, -0.2) is 19.2 Å². The molecule has 0 aliphatic heterocycles. The van der Waals surface area contributed by atoms with E-state index in [1.165, 1.54) is 0 Å². The number of hydrogen-bond acceptors (Lipinski definition) is 6. The van der Waals surface area contributed by atoms with Crippen LogP contribution in [-0.4, -0.2) is 56.4 Å². The van der Waals surface area contributed by atoms with Crippen molar-refractivity contribution in [1.82, 2.24) is 5.32 Å². The number of aliphatic carboxylic acids is 4. The van der Waals surface area contributed by atoms with Crippen LogP contribution >= 0.6 is 0 Å². The van der Waals surface area contributed by atoms with Crippen LogP contribution in [-0.2, 0) is 19.2 Å². The van der Waals surface area contributed by atoms with Gasteiger partial charge in [-0.05, 0) is 6.20 Å². The molecule has 0 atom stereocenters. The molecule has 10 heteroatoms. The summed E-state index contributed by atoms with van der Waals surface area (Å²) >= 11 is 0. The normalized spacial score (nSPS) is 9.06. The predicted octanol–water partition coefficient (Wildman–Crippen LogP) is -2.26. The van der Waals surface area contributed by atoms with Crippen LogP contribution in [0.5, 0.6) is 0 Å². The van der Waals surface area contributed by atoms with Crippen molar-refractivity contribution in [3.05, 3.63) is 12.8 Å². The molecular weight excluding hydrogens is 252 g/mol. The summed E-state index contributed by atoms with van der Waals surface area (Å²) in [6.07, 6.45) is 1.02. The highest BCUT2D eigenvalue weighted by molar-refractivity contribution is 5.97. The van der Waals surface area contributed by atoms with Crippen LogP contribution in [0, 0.1) is 0 Å². The maximum absolute atomic E-state index is 10.0. The van der Waals surface area contributed by atoms with Crippen LogP contribution in [0.1, 0.15) is 0 Å². The largest absolute Gasteiger partial charge is 0.480 e. The van der Waals surface area contributed by atoms with E-state index in [1.54, 1.807) is 0 Å². The van der Waals surface area contributed by atoms with Crippen molar-refractivity contribution < 1.29 is 39.6 Å². The van der Waals surface area contributed by atoms with Gasteiger partial charge in [-0.3, -0.25) is 0 Å². The summed E-state index contributed by atoms with van der Waals surface area (Å²) in [5, 5.41) is 34.1. The minimum Gasteiger partial charge on any atom is -0.480 e. The SMILES string of the molecule is C=CNC(C(=O)O)C(=O)O.NC(C(=O)O)C(=O)O. The van der Waals surface area contributed by atoms with Gasteiger partial charge in [0, 0.05) is 0 Å². The van der Waals surface area contributed by atoms with Gasteiger partial charge >= 0.3 is 23.9 Å². The van der Waals surface area contributed by atoms with Gasteiger partial charge in [0.25, 0.3) is 0 Å². The highest BCUT2D eigenvalue weighted by Crippen LogP contribution is 1.82. The molecule has 10 nitrogen and oxygen atoms in total. The third-order valence-electron chi connectivity index (χ3n) is 1.31. The van der Waals surface area contributed by atoms with E-state index in [4.69, 9.17) is 20.4 Å². The van der Waals surface area contributed by atoms with E-state index >= 15 is 0 Å². The second-order valence-electron chi connectivity index (χ2n) is 2.63. The van der Waals surface area contributed by atoms with Gasteiger partial charge in [0.2, 0.25) is 12.1 Å². The average molecular weight is 264 g/mol. The molecule has 0 aliphatic carbocycles. The van der Waals surface area contributed by atoms with E-state index in [1.807, 2.05) is 5.32 Å². The summed E-state index contributed by atoms with van der Waals surface area (Å²) in [7, 11) is 0. The molecule has 7 N–H and O–H groups in total. The number of nitrogens with two attached hydrogens (primary N) is 1. The molecule has 0 aromatic heterocycles. The number of carboxylic acids is 4. The van der Waals surface area contributed by atoms with Gasteiger partial charge in [-0.15, -0.1) is 0 Å². The zero-order chi connectivity index (χ0) is 14.9. The third kappa shape index (κ3) is 7.64. The summed E-state index contributed by atoms with van der Waals surface area (Å²) in [6.45, 7) is 3.13. The Morgan fingerprint density at radius 1 is 0.944 bits per heavy atom. The lowest BCUT2D eigenvalue weighted by molar-refractivity contribution is -0.152. The average Bonchev–Trinajstić information content (AvgIpc) is 2.24. The molecule has 0 amide bonds. The molecule has 0 aromatic carbocycles. The second kappa shape index (κ2) is 8.52. The van der Waals surface area contributed by atoms with Crippen molar-refractivity contribution in [3.63, 3.8) is 0 Å². The number of hydrogen-bond donors (Lipinski definition) is 6. The molecule has 0 fully saturated rings. The fraction of sp³-hybridized carbons (Fsp3) is 0.250. The van der Waals surface area contributed by atoms with Gasteiger partial charge in [0.05, 0.1) is 0 Å². The molecule has 0 heterocycles. The summed E-state index contributed by atoms with van der Waals surface area (Å²) in [4.78, 5) is 39.3. The van der Waals surface area contributed by atoms with Crippen molar-refractivity contribution in [2.24, 2.45) is 5.73 Å². The number of nitrogens with one attached hydrogen (secondary N) is 1. The van der Waals surface area contributed by atoms with Gasteiger partial charge in [0.15, 0.2) is 0 Å². The van der Waals surface area contributed by atoms with Crippen LogP contribution in [0.4, 0.5) is 0 Å². The quantitative estimate of drug-likeness (QED) is 0.285. The molecule has 102 valence electrons. The van der Waals surface area contributed by atoms with Gasteiger partial charge < -0.3 is 31.5 Å². The Morgan fingerprint density at radius 3 is 1.33 bits per heavy atom. The van der Waals surface area contributed by atoms with Crippen molar-refractivity contribution >= 4 is 23.9 Å². The standard InChI is InChI=1S/C5H7NO4.C3H5NO4/c1-2-6-3(4(7)8)5(9)10;4-1(2(5)6)3(7)8/h2-3,6H,1H2,(H,7,8)(H,9,10);1H,4H2,(H,5,6)(H,7,8). The Labute approximate surface area is 100 Å². The zero-order valence-electron chi connectivity index (χ0n) is 8.94. The van der Waals surface area contributed by atoms with E-state index in [9.17, 15) is 19.2 Å². The first kappa shape index (κ1) is 17.8. The molecule has 0 saturated heterocycles. The summed E-state index contributed by atoms with van der Waals surface area (Å²) in [5.74, 6) is -5.94. The highest BCUT2D eigenvalue weighted by Gasteiger charge is 2.23. The van der Waals surface area contributed by atoms with Gasteiger partial charge in [-0.1, -0.05) is 6.58 Å². The number of rotatable bonds is 6. The maximum atomic E-state index is 10.0. The van der Waals surface area contributed by atoms with Crippen molar-refractivity contribution in [2.45, 2.75) is 12.1 Å². The summed E-state index contributed by atoms with van der Waals surface area (Å²) in [6, 6.07) is -3.40. The molecule has 0 aromatic rings. The monoisotopic (exact) mass is 264 g/mol. The lowest BCUT2D eigenvalue weighted by atomic mass is 10.3. The Bertz CT molecular complexity index is 325. The minimum atomic E-state index is -1.80. The van der Waals surface area contributed by atoms with E-state index in [0.29, 0.717) is 0 Å². The molecule has 0 spiro atoms. The molecule has 0 rings (SSSR count). The minimum absolute atomic E-state index is 1.02. The Hall–Kier alpha value is -2.62.